The van der Waals surface area contributed by atoms with Crippen molar-refractivity contribution in [2.45, 2.75) is 39.8 Å². The number of aromatic hydroxyl groups is 1. The molecule has 4 heteroatoms. The second-order valence-corrected chi connectivity index (χ2v) is 5.97. The summed E-state index contributed by atoms with van der Waals surface area (Å²) in [5, 5.41) is 22.6. The average molecular weight is 272 g/mol. The number of hydrogen-bond donors (Lipinski definition) is 3. The molecule has 102 valence electrons. The monoisotopic (exact) mass is 271 g/mol. The lowest BCUT2D eigenvalue weighted by Crippen LogP contribution is -2.40. The predicted molar refractivity (Wildman–Crippen MR) is 74.9 cm³/mol. The van der Waals surface area contributed by atoms with E-state index in [0.717, 1.165) is 5.56 Å². The van der Waals surface area contributed by atoms with Crippen LogP contribution < -0.4 is 5.32 Å². The van der Waals surface area contributed by atoms with Gasteiger partial charge in [0.15, 0.2) is 0 Å². The molecule has 0 amide bonds. The van der Waals surface area contributed by atoms with Gasteiger partial charge in [-0.1, -0.05) is 44.5 Å². The van der Waals surface area contributed by atoms with Crippen molar-refractivity contribution >= 4 is 11.6 Å². The predicted octanol–water partition coefficient (Wildman–Crippen LogP) is 2.93. The van der Waals surface area contributed by atoms with E-state index in [1.165, 1.54) is 0 Å². The van der Waals surface area contributed by atoms with E-state index in [0.29, 0.717) is 18.0 Å². The number of benzene rings is 1. The lowest BCUT2D eigenvalue weighted by molar-refractivity contribution is 0.196. The van der Waals surface area contributed by atoms with Crippen LogP contribution in [0.3, 0.4) is 0 Å². The van der Waals surface area contributed by atoms with Crippen molar-refractivity contribution in [1.82, 2.24) is 5.32 Å². The van der Waals surface area contributed by atoms with Crippen molar-refractivity contribution in [1.29, 1.82) is 0 Å². The normalized spacial score (nSPS) is 13.6. The van der Waals surface area contributed by atoms with E-state index in [9.17, 15) is 5.11 Å². The third-order valence-corrected chi connectivity index (χ3v) is 3.38. The van der Waals surface area contributed by atoms with Crippen LogP contribution in [0.15, 0.2) is 18.2 Å². The molecular weight excluding hydrogens is 250 g/mol. The highest BCUT2D eigenvalue weighted by atomic mass is 35.5. The van der Waals surface area contributed by atoms with Crippen LogP contribution in [0.4, 0.5) is 0 Å². The van der Waals surface area contributed by atoms with Crippen molar-refractivity contribution in [2.24, 2.45) is 5.41 Å². The second-order valence-electron chi connectivity index (χ2n) is 5.56. The summed E-state index contributed by atoms with van der Waals surface area (Å²) in [7, 11) is 0. The number of hydrogen-bond acceptors (Lipinski definition) is 3. The minimum absolute atomic E-state index is 0.0525. The van der Waals surface area contributed by atoms with Gasteiger partial charge in [0.1, 0.15) is 5.75 Å². The average Bonchev–Trinajstić information content (AvgIpc) is 2.28. The highest BCUT2D eigenvalue weighted by Crippen LogP contribution is 2.28. The fraction of sp³-hybridized carbons (Fsp3) is 0.571. The Bertz CT molecular complexity index is 388. The number of aliphatic hydroxyl groups excluding tert-OH is 1. The maximum absolute atomic E-state index is 9.82. The van der Waals surface area contributed by atoms with Gasteiger partial charge in [-0.2, -0.15) is 0 Å². The van der Waals surface area contributed by atoms with Crippen molar-refractivity contribution < 1.29 is 10.2 Å². The molecule has 3 nitrogen and oxygen atoms in total. The molecule has 1 aromatic carbocycles. The number of nitrogens with one attached hydrogen (secondary N) is 1. The molecule has 0 aliphatic carbocycles. The van der Waals surface area contributed by atoms with Crippen LogP contribution in [0.1, 0.15) is 32.8 Å². The molecule has 1 unspecified atom stereocenters. The summed E-state index contributed by atoms with van der Waals surface area (Å²) in [6, 6.07) is 5.50. The van der Waals surface area contributed by atoms with Crippen molar-refractivity contribution in [2.75, 3.05) is 6.61 Å². The van der Waals surface area contributed by atoms with Crippen molar-refractivity contribution in [3.63, 3.8) is 0 Å². The summed E-state index contributed by atoms with van der Waals surface area (Å²) >= 11 is 5.86. The molecule has 3 N–H and O–H groups in total. The molecule has 1 aromatic rings. The van der Waals surface area contributed by atoms with Gasteiger partial charge in [-0.15, -0.1) is 0 Å². The van der Waals surface area contributed by atoms with E-state index in [-0.39, 0.29) is 23.8 Å². The van der Waals surface area contributed by atoms with Crippen LogP contribution in [0.25, 0.3) is 0 Å². The molecule has 0 saturated heterocycles. The minimum Gasteiger partial charge on any atom is -0.506 e. The Morgan fingerprint density at radius 3 is 2.56 bits per heavy atom. The maximum atomic E-state index is 9.82. The molecule has 0 saturated carbocycles. The first-order valence-electron chi connectivity index (χ1n) is 6.17. The van der Waals surface area contributed by atoms with E-state index < -0.39 is 0 Å². The number of phenols is 1. The highest BCUT2D eigenvalue weighted by Gasteiger charge is 2.23. The van der Waals surface area contributed by atoms with Crippen molar-refractivity contribution in [3.05, 3.63) is 28.8 Å². The van der Waals surface area contributed by atoms with Gasteiger partial charge in [-0.3, -0.25) is 0 Å². The molecule has 0 aliphatic heterocycles. The summed E-state index contributed by atoms with van der Waals surface area (Å²) in [4.78, 5) is 0. The summed E-state index contributed by atoms with van der Waals surface area (Å²) in [5.41, 5.74) is 0.825. The lowest BCUT2D eigenvalue weighted by atomic mass is 9.85. The van der Waals surface area contributed by atoms with Crippen LogP contribution in [0.2, 0.25) is 5.02 Å². The molecule has 0 aliphatic rings. The van der Waals surface area contributed by atoms with Gasteiger partial charge in [-0.05, 0) is 17.9 Å². The smallest absolute Gasteiger partial charge is 0.138 e. The quantitative estimate of drug-likeness (QED) is 0.772. The standard InChI is InChI=1S/C14H22ClNO2/c1-14(2,3)12(7-8-17)16-9-10-5-4-6-11(15)13(10)18/h4-6,12,16-18H,7-9H2,1-3H3. The lowest BCUT2D eigenvalue weighted by Gasteiger charge is -2.31. The van der Waals surface area contributed by atoms with E-state index in [4.69, 9.17) is 16.7 Å². The van der Waals surface area contributed by atoms with Crippen molar-refractivity contribution in [3.8, 4) is 5.75 Å². The zero-order chi connectivity index (χ0) is 13.8. The van der Waals surface area contributed by atoms with Gasteiger partial charge in [0, 0.05) is 24.8 Å². The molecule has 0 heterocycles. The number of phenolic OH excluding ortho intramolecular Hbond substituents is 1. The number of para-hydroxylation sites is 1. The Labute approximate surface area is 114 Å². The molecular formula is C14H22ClNO2. The molecule has 1 rings (SSSR count). The Morgan fingerprint density at radius 2 is 2.00 bits per heavy atom. The summed E-state index contributed by atoms with van der Waals surface area (Å²) < 4.78 is 0. The third kappa shape index (κ3) is 4.16. The van der Waals surface area contributed by atoms with E-state index >= 15 is 0 Å². The van der Waals surface area contributed by atoms with Gasteiger partial charge in [0.25, 0.3) is 0 Å². The van der Waals surface area contributed by atoms with Gasteiger partial charge in [0.2, 0.25) is 0 Å². The number of aliphatic hydroxyl groups is 1. The van der Waals surface area contributed by atoms with Gasteiger partial charge >= 0.3 is 0 Å². The summed E-state index contributed by atoms with van der Waals surface area (Å²) in [6.45, 7) is 7.05. The summed E-state index contributed by atoms with van der Waals surface area (Å²) in [6.07, 6.45) is 0.685. The van der Waals surface area contributed by atoms with Gasteiger partial charge in [-0.25, -0.2) is 0 Å². The Kier molecular flexibility index (Phi) is 5.45. The zero-order valence-corrected chi connectivity index (χ0v) is 12.0. The molecule has 0 radical (unpaired) electrons. The van der Waals surface area contributed by atoms with Crippen LogP contribution in [-0.4, -0.2) is 22.9 Å². The highest BCUT2D eigenvalue weighted by molar-refractivity contribution is 6.32. The first-order valence-corrected chi connectivity index (χ1v) is 6.54. The first-order chi connectivity index (χ1) is 8.36. The van der Waals surface area contributed by atoms with Crippen LogP contribution >= 0.6 is 11.6 Å². The maximum Gasteiger partial charge on any atom is 0.138 e. The minimum atomic E-state index is 0.0525. The fourth-order valence-electron chi connectivity index (χ4n) is 1.91. The van der Waals surface area contributed by atoms with Gasteiger partial charge < -0.3 is 15.5 Å². The zero-order valence-electron chi connectivity index (χ0n) is 11.2. The Morgan fingerprint density at radius 1 is 1.33 bits per heavy atom. The molecule has 0 aromatic heterocycles. The Hall–Kier alpha value is -0.770. The summed E-state index contributed by atoms with van der Waals surface area (Å²) in [5.74, 6) is 0.128. The van der Waals surface area contributed by atoms with Gasteiger partial charge in [0.05, 0.1) is 5.02 Å². The molecule has 0 spiro atoms. The molecule has 18 heavy (non-hydrogen) atoms. The fourth-order valence-corrected chi connectivity index (χ4v) is 2.10. The van der Waals surface area contributed by atoms with E-state index in [1.807, 2.05) is 12.1 Å². The number of rotatable bonds is 5. The molecule has 0 fully saturated rings. The van der Waals surface area contributed by atoms with E-state index in [2.05, 4.69) is 26.1 Å². The Balaban J connectivity index is 2.70. The molecule has 0 bridgehead atoms. The largest absolute Gasteiger partial charge is 0.506 e. The first kappa shape index (κ1) is 15.3. The van der Waals surface area contributed by atoms with Crippen LogP contribution in [0.5, 0.6) is 5.75 Å². The molecule has 1 atom stereocenters. The second kappa shape index (κ2) is 6.41. The SMILES string of the molecule is CC(C)(C)C(CCO)NCc1cccc(Cl)c1O. The number of halogens is 1. The van der Waals surface area contributed by atoms with E-state index in [1.54, 1.807) is 6.07 Å². The topological polar surface area (TPSA) is 52.5 Å². The van der Waals surface area contributed by atoms with Crippen LogP contribution in [-0.2, 0) is 6.54 Å². The third-order valence-electron chi connectivity index (χ3n) is 3.07. The van der Waals surface area contributed by atoms with Crippen LogP contribution in [0, 0.1) is 5.41 Å².